The van der Waals surface area contributed by atoms with Gasteiger partial charge in [-0.2, -0.15) is 0 Å². The summed E-state index contributed by atoms with van der Waals surface area (Å²) in [4.78, 5) is 19.4. The quantitative estimate of drug-likeness (QED) is 0.923. The van der Waals surface area contributed by atoms with Gasteiger partial charge in [0.2, 0.25) is 0 Å². The number of aromatic nitrogens is 1. The van der Waals surface area contributed by atoms with E-state index in [4.69, 9.17) is 5.11 Å². The van der Waals surface area contributed by atoms with Crippen molar-refractivity contribution >= 4 is 11.8 Å². The zero-order chi connectivity index (χ0) is 14.8. The number of hydrogen-bond acceptors (Lipinski definition) is 4. The summed E-state index contributed by atoms with van der Waals surface area (Å²) in [6.45, 7) is 3.18. The van der Waals surface area contributed by atoms with Gasteiger partial charge in [0.1, 0.15) is 5.56 Å². The van der Waals surface area contributed by atoms with E-state index in [9.17, 15) is 9.18 Å². The minimum Gasteiger partial charge on any atom is -0.478 e. The third-order valence-electron chi connectivity index (χ3n) is 4.56. The average Bonchev–Trinajstić information content (AvgIpc) is 3.02. The van der Waals surface area contributed by atoms with E-state index >= 15 is 0 Å². The number of pyridine rings is 1. The van der Waals surface area contributed by atoms with E-state index in [1.165, 1.54) is 37.9 Å². The Hall–Kier alpha value is -1.69. The highest BCUT2D eigenvalue weighted by atomic mass is 19.1. The first-order valence-electron chi connectivity index (χ1n) is 7.53. The van der Waals surface area contributed by atoms with E-state index in [0.717, 1.165) is 13.1 Å². The van der Waals surface area contributed by atoms with Gasteiger partial charge in [0, 0.05) is 38.4 Å². The first-order chi connectivity index (χ1) is 10.2. The molecule has 0 spiro atoms. The molecule has 5 nitrogen and oxygen atoms in total. The molecule has 3 rings (SSSR count). The molecule has 21 heavy (non-hydrogen) atoms. The third-order valence-corrected chi connectivity index (χ3v) is 4.56. The van der Waals surface area contributed by atoms with Crippen LogP contribution in [0.2, 0.25) is 0 Å². The Kier molecular flexibility index (Phi) is 4.05. The van der Waals surface area contributed by atoms with E-state index < -0.39 is 11.8 Å². The van der Waals surface area contributed by atoms with Crippen molar-refractivity contribution in [1.29, 1.82) is 0 Å². The number of hydrogen-bond donors (Lipinski definition) is 1. The number of nitrogens with zero attached hydrogens (tertiary/aromatic N) is 3. The predicted octanol–water partition coefficient (Wildman–Crippen LogP) is 1.98. The van der Waals surface area contributed by atoms with Gasteiger partial charge in [-0.05, 0) is 18.9 Å². The van der Waals surface area contributed by atoms with Crippen molar-refractivity contribution in [3.63, 3.8) is 0 Å². The van der Waals surface area contributed by atoms with Gasteiger partial charge in [-0.25, -0.2) is 14.2 Å². The number of carboxylic acids is 1. The smallest absolute Gasteiger partial charge is 0.338 e. The van der Waals surface area contributed by atoms with Crippen LogP contribution in [0, 0.1) is 5.82 Å². The molecule has 0 bridgehead atoms. The van der Waals surface area contributed by atoms with Crippen molar-refractivity contribution in [1.82, 2.24) is 9.88 Å². The van der Waals surface area contributed by atoms with E-state index in [-0.39, 0.29) is 11.4 Å². The summed E-state index contributed by atoms with van der Waals surface area (Å²) in [6.07, 6.45) is 6.51. The highest BCUT2D eigenvalue weighted by Gasteiger charge is 2.28. The minimum absolute atomic E-state index is 0.168. The summed E-state index contributed by atoms with van der Waals surface area (Å²) in [7, 11) is 0. The summed E-state index contributed by atoms with van der Waals surface area (Å²) in [5.74, 6) is -1.80. The first-order valence-corrected chi connectivity index (χ1v) is 7.53. The molecule has 1 aliphatic carbocycles. The van der Waals surface area contributed by atoms with E-state index in [1.807, 2.05) is 4.90 Å². The van der Waals surface area contributed by atoms with Crippen molar-refractivity contribution < 1.29 is 14.3 Å². The lowest BCUT2D eigenvalue weighted by Crippen LogP contribution is -2.50. The van der Waals surface area contributed by atoms with E-state index in [1.54, 1.807) is 0 Å². The molecule has 1 aromatic rings. The highest BCUT2D eigenvalue weighted by molar-refractivity contribution is 5.88. The summed E-state index contributed by atoms with van der Waals surface area (Å²) in [5.41, 5.74) is -0.307. The predicted molar refractivity (Wildman–Crippen MR) is 77.2 cm³/mol. The van der Waals surface area contributed by atoms with Gasteiger partial charge in [0.25, 0.3) is 0 Å². The second-order valence-corrected chi connectivity index (χ2v) is 5.76. The number of carbonyl (C=O) groups is 1. The maximum absolute atomic E-state index is 14.2. The Morgan fingerprint density at radius 2 is 1.90 bits per heavy atom. The molecule has 0 radical (unpaired) electrons. The monoisotopic (exact) mass is 293 g/mol. The van der Waals surface area contributed by atoms with Crippen LogP contribution >= 0.6 is 0 Å². The largest absolute Gasteiger partial charge is 0.478 e. The molecule has 114 valence electrons. The molecule has 2 fully saturated rings. The second kappa shape index (κ2) is 5.97. The number of rotatable bonds is 3. The fourth-order valence-electron chi connectivity index (χ4n) is 3.39. The van der Waals surface area contributed by atoms with E-state index in [0.29, 0.717) is 19.1 Å². The Morgan fingerprint density at radius 3 is 2.52 bits per heavy atom. The molecule has 1 aliphatic heterocycles. The minimum atomic E-state index is -1.25. The summed E-state index contributed by atoms with van der Waals surface area (Å²) < 4.78 is 14.2. The van der Waals surface area contributed by atoms with Crippen LogP contribution in [0.15, 0.2) is 12.3 Å². The number of aromatic carboxylic acids is 1. The van der Waals surface area contributed by atoms with Crippen molar-refractivity contribution in [2.24, 2.45) is 0 Å². The van der Waals surface area contributed by atoms with Gasteiger partial charge in [0.15, 0.2) is 11.6 Å². The van der Waals surface area contributed by atoms with Gasteiger partial charge in [-0.3, -0.25) is 4.90 Å². The Morgan fingerprint density at radius 1 is 1.24 bits per heavy atom. The molecular formula is C15H20FN3O2. The van der Waals surface area contributed by atoms with Crippen LogP contribution in [-0.2, 0) is 0 Å². The maximum atomic E-state index is 14.2. The molecule has 0 aromatic carbocycles. The van der Waals surface area contributed by atoms with Crippen LogP contribution < -0.4 is 4.90 Å². The topological polar surface area (TPSA) is 56.7 Å². The summed E-state index contributed by atoms with van der Waals surface area (Å²) >= 11 is 0. The van der Waals surface area contributed by atoms with Crippen molar-refractivity contribution in [2.45, 2.75) is 31.7 Å². The molecule has 6 heteroatoms. The SMILES string of the molecule is O=C(O)c1ccnc(N2CCN(C3CCCC3)CC2)c1F. The Balaban J connectivity index is 1.69. The molecular weight excluding hydrogens is 273 g/mol. The van der Waals surface area contributed by atoms with Crippen LogP contribution in [0.4, 0.5) is 10.2 Å². The normalized spacial score (nSPS) is 20.9. The van der Waals surface area contributed by atoms with Crippen LogP contribution in [0.3, 0.4) is 0 Å². The average molecular weight is 293 g/mol. The third kappa shape index (κ3) is 2.85. The number of carboxylic acid groups (broad SMARTS) is 1. The lowest BCUT2D eigenvalue weighted by Gasteiger charge is -2.38. The maximum Gasteiger partial charge on any atom is 0.338 e. The Bertz CT molecular complexity index is 524. The summed E-state index contributed by atoms with van der Waals surface area (Å²) in [6, 6.07) is 1.88. The molecule has 0 atom stereocenters. The summed E-state index contributed by atoms with van der Waals surface area (Å²) in [5, 5.41) is 8.98. The van der Waals surface area contributed by atoms with Gasteiger partial charge < -0.3 is 10.0 Å². The molecule has 1 N–H and O–H groups in total. The molecule has 1 aromatic heterocycles. The molecule has 1 saturated heterocycles. The Labute approximate surface area is 123 Å². The fraction of sp³-hybridized carbons (Fsp3) is 0.600. The number of halogens is 1. The standard InChI is InChI=1S/C15H20FN3O2/c16-13-12(15(20)21)5-6-17-14(13)19-9-7-18(8-10-19)11-3-1-2-4-11/h5-6,11H,1-4,7-10H2,(H,20,21). The zero-order valence-corrected chi connectivity index (χ0v) is 12.0. The van der Waals surface area contributed by atoms with Gasteiger partial charge >= 0.3 is 5.97 Å². The van der Waals surface area contributed by atoms with Crippen LogP contribution in [0.1, 0.15) is 36.0 Å². The van der Waals surface area contributed by atoms with Gasteiger partial charge in [0.05, 0.1) is 0 Å². The molecule has 1 saturated carbocycles. The van der Waals surface area contributed by atoms with Crippen LogP contribution in [0.5, 0.6) is 0 Å². The fourth-order valence-corrected chi connectivity index (χ4v) is 3.39. The molecule has 2 aliphatic rings. The van der Waals surface area contributed by atoms with Gasteiger partial charge in [-0.15, -0.1) is 0 Å². The van der Waals surface area contributed by atoms with Gasteiger partial charge in [-0.1, -0.05) is 12.8 Å². The second-order valence-electron chi connectivity index (χ2n) is 5.76. The van der Waals surface area contributed by atoms with Crippen LogP contribution in [-0.4, -0.2) is 53.2 Å². The number of anilines is 1. The lowest BCUT2D eigenvalue weighted by atomic mass is 10.1. The van der Waals surface area contributed by atoms with Crippen molar-refractivity contribution in [3.8, 4) is 0 Å². The van der Waals surface area contributed by atoms with Crippen molar-refractivity contribution in [2.75, 3.05) is 31.1 Å². The molecule has 0 amide bonds. The lowest BCUT2D eigenvalue weighted by molar-refractivity contribution is 0.0691. The van der Waals surface area contributed by atoms with Crippen molar-refractivity contribution in [3.05, 3.63) is 23.6 Å². The molecule has 2 heterocycles. The van der Waals surface area contributed by atoms with Crippen LogP contribution in [0.25, 0.3) is 0 Å². The highest BCUT2D eigenvalue weighted by Crippen LogP contribution is 2.26. The first kappa shape index (κ1) is 14.3. The molecule has 0 unspecified atom stereocenters. The zero-order valence-electron chi connectivity index (χ0n) is 12.0. The van der Waals surface area contributed by atoms with E-state index in [2.05, 4.69) is 9.88 Å². The number of piperazine rings is 1.